The minimum atomic E-state index is -4.57. The molecule has 1 aliphatic heterocycles. The third kappa shape index (κ3) is 3.60. The third-order valence-corrected chi connectivity index (χ3v) is 4.19. The zero-order valence-corrected chi connectivity index (χ0v) is 10.7. The largest absolute Gasteiger partial charge is 0.402 e. The summed E-state index contributed by atoms with van der Waals surface area (Å²) in [6, 6.07) is 4.30. The van der Waals surface area contributed by atoms with Crippen molar-refractivity contribution in [2.45, 2.75) is 23.9 Å². The van der Waals surface area contributed by atoms with Gasteiger partial charge in [-0.3, -0.25) is 0 Å². The first-order valence-corrected chi connectivity index (χ1v) is 7.19. The normalized spacial score (nSPS) is 15.7. The summed E-state index contributed by atoms with van der Waals surface area (Å²) in [6.45, 7) is -0.754. The van der Waals surface area contributed by atoms with Crippen molar-refractivity contribution in [3.63, 3.8) is 0 Å². The number of hydrogen-bond acceptors (Lipinski definition) is 3. The third-order valence-electron chi connectivity index (χ3n) is 2.79. The molecule has 2 N–H and O–H groups in total. The minimum Gasteiger partial charge on any atom is -0.385 e. The molecule has 0 spiro atoms. The number of fused-ring (bicyclic) bond motifs is 1. The van der Waals surface area contributed by atoms with E-state index in [9.17, 15) is 21.6 Å². The van der Waals surface area contributed by atoms with Crippen LogP contribution >= 0.6 is 0 Å². The van der Waals surface area contributed by atoms with Gasteiger partial charge in [-0.15, -0.1) is 0 Å². The van der Waals surface area contributed by atoms with E-state index >= 15 is 0 Å². The number of anilines is 1. The van der Waals surface area contributed by atoms with Crippen LogP contribution in [0.15, 0.2) is 23.1 Å². The molecule has 106 valence electrons. The highest BCUT2D eigenvalue weighted by molar-refractivity contribution is 7.89. The molecule has 0 saturated heterocycles. The van der Waals surface area contributed by atoms with Crippen LogP contribution in [0.25, 0.3) is 0 Å². The topological polar surface area (TPSA) is 58.2 Å². The second kappa shape index (κ2) is 5.01. The molecule has 2 rings (SSSR count). The summed E-state index contributed by atoms with van der Waals surface area (Å²) < 4.78 is 61.1. The van der Waals surface area contributed by atoms with E-state index in [1.807, 2.05) is 0 Å². The van der Waals surface area contributed by atoms with Gasteiger partial charge in [-0.2, -0.15) is 13.2 Å². The molecule has 0 aliphatic carbocycles. The number of aryl methyl sites for hydroxylation is 1. The first-order chi connectivity index (χ1) is 8.78. The van der Waals surface area contributed by atoms with Gasteiger partial charge in [0.2, 0.25) is 10.0 Å². The molecule has 1 aromatic rings. The van der Waals surface area contributed by atoms with Crippen molar-refractivity contribution >= 4 is 15.7 Å². The lowest BCUT2D eigenvalue weighted by Crippen LogP contribution is -2.33. The van der Waals surface area contributed by atoms with Gasteiger partial charge < -0.3 is 5.32 Å². The maximum absolute atomic E-state index is 12.0. The SMILES string of the molecule is O=S(=O)(NCC(F)(F)F)c1ccc2c(c1)CCCN2. The van der Waals surface area contributed by atoms with Gasteiger partial charge in [-0.25, -0.2) is 13.1 Å². The van der Waals surface area contributed by atoms with E-state index in [4.69, 9.17) is 0 Å². The first kappa shape index (κ1) is 14.1. The summed E-state index contributed by atoms with van der Waals surface area (Å²) >= 11 is 0. The second-order valence-corrected chi connectivity index (χ2v) is 6.06. The van der Waals surface area contributed by atoms with Crippen LogP contribution in [0.3, 0.4) is 0 Å². The maximum Gasteiger partial charge on any atom is 0.402 e. The minimum absolute atomic E-state index is 0.140. The van der Waals surface area contributed by atoms with E-state index in [1.54, 1.807) is 10.8 Å². The molecule has 8 heteroatoms. The van der Waals surface area contributed by atoms with E-state index in [2.05, 4.69) is 5.32 Å². The molecule has 19 heavy (non-hydrogen) atoms. The predicted octanol–water partition coefficient (Wildman–Crippen LogP) is 1.89. The van der Waals surface area contributed by atoms with Crippen LogP contribution in [0.2, 0.25) is 0 Å². The van der Waals surface area contributed by atoms with Gasteiger partial charge in [0.15, 0.2) is 0 Å². The highest BCUT2D eigenvalue weighted by Gasteiger charge is 2.30. The first-order valence-electron chi connectivity index (χ1n) is 5.71. The van der Waals surface area contributed by atoms with Gasteiger partial charge >= 0.3 is 6.18 Å². The Bertz CT molecular complexity index is 570. The van der Waals surface area contributed by atoms with Crippen LogP contribution in [0.5, 0.6) is 0 Å². The molecule has 0 atom stereocenters. The van der Waals surface area contributed by atoms with Crippen molar-refractivity contribution in [1.82, 2.24) is 4.72 Å². The predicted molar refractivity (Wildman–Crippen MR) is 64.5 cm³/mol. The Kier molecular flexibility index (Phi) is 3.73. The van der Waals surface area contributed by atoms with Crippen molar-refractivity contribution in [2.75, 3.05) is 18.4 Å². The van der Waals surface area contributed by atoms with Gasteiger partial charge in [-0.05, 0) is 36.6 Å². The van der Waals surface area contributed by atoms with Crippen molar-refractivity contribution in [3.8, 4) is 0 Å². The van der Waals surface area contributed by atoms with Gasteiger partial charge in [0, 0.05) is 12.2 Å². The smallest absolute Gasteiger partial charge is 0.385 e. The van der Waals surface area contributed by atoms with Crippen molar-refractivity contribution in [1.29, 1.82) is 0 Å². The van der Waals surface area contributed by atoms with E-state index in [0.717, 1.165) is 24.2 Å². The fourth-order valence-electron chi connectivity index (χ4n) is 1.88. The summed E-state index contributed by atoms with van der Waals surface area (Å²) in [6.07, 6.45) is -2.99. The van der Waals surface area contributed by atoms with E-state index in [-0.39, 0.29) is 4.90 Å². The van der Waals surface area contributed by atoms with Crippen LogP contribution < -0.4 is 10.0 Å². The van der Waals surface area contributed by atoms with Gasteiger partial charge in [0.05, 0.1) is 4.90 Å². The van der Waals surface area contributed by atoms with Gasteiger partial charge in [-0.1, -0.05) is 0 Å². The van der Waals surface area contributed by atoms with Crippen LogP contribution in [0.4, 0.5) is 18.9 Å². The average molecular weight is 294 g/mol. The summed E-state index contributed by atoms with van der Waals surface area (Å²) in [5.74, 6) is 0. The quantitative estimate of drug-likeness (QED) is 0.895. The van der Waals surface area contributed by atoms with Crippen molar-refractivity contribution in [2.24, 2.45) is 0 Å². The zero-order chi connectivity index (χ0) is 14.1. The molecule has 1 heterocycles. The Labute approximate surface area is 109 Å². The molecular weight excluding hydrogens is 281 g/mol. The molecule has 0 fully saturated rings. The van der Waals surface area contributed by atoms with Crippen molar-refractivity contribution in [3.05, 3.63) is 23.8 Å². The molecule has 0 aromatic heterocycles. The molecule has 0 amide bonds. The van der Waals surface area contributed by atoms with Gasteiger partial charge in [0.25, 0.3) is 0 Å². The molecule has 1 aromatic carbocycles. The number of alkyl halides is 3. The molecule has 4 nitrogen and oxygen atoms in total. The van der Waals surface area contributed by atoms with E-state index in [0.29, 0.717) is 6.42 Å². The Hall–Kier alpha value is -1.28. The van der Waals surface area contributed by atoms with Crippen LogP contribution in [0.1, 0.15) is 12.0 Å². The maximum atomic E-state index is 12.0. The molecule has 0 radical (unpaired) electrons. The molecule has 0 unspecified atom stereocenters. The molecular formula is C11H13F3N2O2S. The lowest BCUT2D eigenvalue weighted by molar-refractivity contribution is -0.121. The van der Waals surface area contributed by atoms with Gasteiger partial charge in [0.1, 0.15) is 6.54 Å². The number of sulfonamides is 1. The Balaban J connectivity index is 2.21. The molecule has 1 aliphatic rings. The van der Waals surface area contributed by atoms with E-state index in [1.165, 1.54) is 12.1 Å². The summed E-state index contributed by atoms with van der Waals surface area (Å²) in [5, 5.41) is 3.10. The van der Waals surface area contributed by atoms with Crippen LogP contribution in [0, 0.1) is 0 Å². The average Bonchev–Trinajstić information content (AvgIpc) is 2.35. The summed E-state index contributed by atoms with van der Waals surface area (Å²) in [4.78, 5) is -0.140. The molecule has 0 bridgehead atoms. The highest BCUT2D eigenvalue weighted by Crippen LogP contribution is 2.25. The van der Waals surface area contributed by atoms with Crippen LogP contribution in [-0.4, -0.2) is 27.7 Å². The Morgan fingerprint density at radius 3 is 2.74 bits per heavy atom. The fourth-order valence-corrected chi connectivity index (χ4v) is 2.94. The number of benzene rings is 1. The Morgan fingerprint density at radius 2 is 2.05 bits per heavy atom. The zero-order valence-electron chi connectivity index (χ0n) is 9.92. The summed E-state index contributed by atoms with van der Waals surface area (Å²) in [7, 11) is -4.12. The standard InChI is InChI=1S/C11H13F3N2O2S/c12-11(13,14)7-16-19(17,18)9-3-4-10-8(6-9)2-1-5-15-10/h3-4,6,15-16H,1-2,5,7H2. The highest BCUT2D eigenvalue weighted by atomic mass is 32.2. The number of nitrogens with one attached hydrogen (secondary N) is 2. The Morgan fingerprint density at radius 1 is 1.32 bits per heavy atom. The fraction of sp³-hybridized carbons (Fsp3) is 0.455. The number of halogens is 3. The lowest BCUT2D eigenvalue weighted by Gasteiger charge is -2.18. The molecule has 0 saturated carbocycles. The second-order valence-electron chi connectivity index (χ2n) is 4.29. The van der Waals surface area contributed by atoms with Crippen LogP contribution in [-0.2, 0) is 16.4 Å². The lowest BCUT2D eigenvalue weighted by atomic mass is 10.0. The van der Waals surface area contributed by atoms with Crippen molar-refractivity contribution < 1.29 is 21.6 Å². The monoisotopic (exact) mass is 294 g/mol. The van der Waals surface area contributed by atoms with E-state index < -0.39 is 22.7 Å². The summed E-state index contributed by atoms with van der Waals surface area (Å²) in [5.41, 5.74) is 1.64. The number of hydrogen-bond donors (Lipinski definition) is 2. The number of rotatable bonds is 3.